The average Bonchev–Trinajstić information content (AvgIpc) is 3.75. The van der Waals surface area contributed by atoms with Crippen molar-refractivity contribution in [3.8, 4) is 50.7 Å². The number of benzene rings is 7. The predicted octanol–water partition coefficient (Wildman–Crippen LogP) is 12.6. The zero-order valence-electron chi connectivity index (χ0n) is 27.0. The predicted molar refractivity (Wildman–Crippen MR) is 211 cm³/mol. The Morgan fingerprint density at radius 2 is 0.980 bits per heavy atom. The van der Waals surface area contributed by atoms with Gasteiger partial charge in [0, 0.05) is 53.3 Å². The molecule has 234 valence electrons. The third kappa shape index (κ3) is 4.65. The first-order valence-electron chi connectivity index (χ1n) is 16.8. The molecule has 10 aromatic rings. The molecule has 0 saturated carbocycles. The van der Waals surface area contributed by atoms with E-state index in [1.807, 2.05) is 23.5 Å². The van der Waals surface area contributed by atoms with Gasteiger partial charge < -0.3 is 4.57 Å². The second-order valence-electron chi connectivity index (χ2n) is 12.6. The highest BCUT2D eigenvalue weighted by Crippen LogP contribution is 2.46. The Morgan fingerprint density at radius 1 is 0.400 bits per heavy atom. The number of nitrogens with zero attached hydrogens (tertiary/aromatic N) is 3. The molecule has 0 spiro atoms. The maximum atomic E-state index is 5.20. The molecule has 0 fully saturated rings. The van der Waals surface area contributed by atoms with E-state index in [0.29, 0.717) is 0 Å². The van der Waals surface area contributed by atoms with E-state index in [1.54, 1.807) is 0 Å². The van der Waals surface area contributed by atoms with Gasteiger partial charge in [0.05, 0.1) is 22.4 Å². The maximum absolute atomic E-state index is 5.20. The fraction of sp³-hybridized carbons (Fsp3) is 0. The first-order valence-corrected chi connectivity index (χ1v) is 17.7. The van der Waals surface area contributed by atoms with Crippen molar-refractivity contribution < 1.29 is 0 Å². The van der Waals surface area contributed by atoms with Crippen LogP contribution in [-0.2, 0) is 0 Å². The molecule has 0 radical (unpaired) electrons. The molecule has 0 aliphatic rings. The molecule has 0 saturated heterocycles. The summed E-state index contributed by atoms with van der Waals surface area (Å²) in [6, 6.07) is 62.3. The molecule has 3 aromatic heterocycles. The molecule has 0 unspecified atom stereocenters. The van der Waals surface area contributed by atoms with Gasteiger partial charge in [-0.05, 0) is 47.5 Å². The summed E-state index contributed by atoms with van der Waals surface area (Å²) in [5.74, 6) is 0.735. The Hall–Kier alpha value is -6.36. The lowest BCUT2D eigenvalue weighted by molar-refractivity contribution is 1.18. The van der Waals surface area contributed by atoms with Crippen LogP contribution in [0, 0.1) is 0 Å². The van der Waals surface area contributed by atoms with Crippen molar-refractivity contribution in [2.75, 3.05) is 0 Å². The van der Waals surface area contributed by atoms with Crippen molar-refractivity contribution in [1.29, 1.82) is 0 Å². The summed E-state index contributed by atoms with van der Waals surface area (Å²) in [7, 11) is 0. The summed E-state index contributed by atoms with van der Waals surface area (Å²) < 4.78 is 4.89. The summed E-state index contributed by atoms with van der Waals surface area (Å²) in [5, 5.41) is 5.00. The molecule has 3 nitrogen and oxygen atoms in total. The number of aromatic nitrogens is 3. The normalized spacial score (nSPS) is 11.6. The van der Waals surface area contributed by atoms with Crippen LogP contribution in [0.5, 0.6) is 0 Å². The van der Waals surface area contributed by atoms with Crippen LogP contribution in [0.4, 0.5) is 0 Å². The highest BCUT2D eigenvalue weighted by atomic mass is 32.1. The summed E-state index contributed by atoms with van der Waals surface area (Å²) in [6.45, 7) is 0. The van der Waals surface area contributed by atoms with Crippen LogP contribution in [0.15, 0.2) is 176 Å². The van der Waals surface area contributed by atoms with E-state index in [1.165, 1.54) is 53.1 Å². The largest absolute Gasteiger partial charge is 0.309 e. The number of para-hydroxylation sites is 1. The highest BCUT2D eigenvalue weighted by molar-refractivity contribution is 7.27. The second kappa shape index (κ2) is 11.7. The van der Waals surface area contributed by atoms with Crippen LogP contribution < -0.4 is 0 Å². The third-order valence-corrected chi connectivity index (χ3v) is 10.9. The lowest BCUT2D eigenvalue weighted by atomic mass is 10.0. The van der Waals surface area contributed by atoms with Gasteiger partial charge in [-0.2, -0.15) is 0 Å². The number of thiophene rings is 1. The van der Waals surface area contributed by atoms with Crippen LogP contribution >= 0.6 is 11.3 Å². The lowest BCUT2D eigenvalue weighted by Crippen LogP contribution is -1.96. The van der Waals surface area contributed by atoms with E-state index in [0.717, 1.165) is 39.6 Å². The molecule has 7 aromatic carbocycles. The number of fused-ring (bicyclic) bond motifs is 7. The highest BCUT2D eigenvalue weighted by Gasteiger charge is 2.20. The van der Waals surface area contributed by atoms with Crippen LogP contribution in [-0.4, -0.2) is 14.5 Å². The Bertz CT molecular complexity index is 2800. The molecule has 0 bridgehead atoms. The van der Waals surface area contributed by atoms with E-state index in [2.05, 4.69) is 168 Å². The molecule has 3 heterocycles. The van der Waals surface area contributed by atoms with Gasteiger partial charge in [-0.1, -0.05) is 140 Å². The maximum Gasteiger partial charge on any atom is 0.161 e. The monoisotopic (exact) mass is 655 g/mol. The Morgan fingerprint density at radius 3 is 1.70 bits per heavy atom. The van der Waals surface area contributed by atoms with Crippen LogP contribution in [0.3, 0.4) is 0 Å². The topological polar surface area (TPSA) is 30.7 Å². The third-order valence-electron chi connectivity index (χ3n) is 9.62. The Kier molecular flexibility index (Phi) is 6.68. The molecule has 0 atom stereocenters. The van der Waals surface area contributed by atoms with Gasteiger partial charge in [-0.3, -0.25) is 0 Å². The van der Waals surface area contributed by atoms with Crippen molar-refractivity contribution in [2.45, 2.75) is 0 Å². The standard InChI is InChI=1S/C46H29N3S/c1-4-14-30(15-5-1)33-20-12-21-34(28-33)49-41-25-11-10-22-37(41)43-42(49)27-26-36-35-23-13-24-38(44(35)50-45(36)43)46-47-39(31-16-6-2-7-17-31)29-40(48-46)32-18-8-3-9-19-32/h1-29H. The average molecular weight is 656 g/mol. The molecule has 0 N–H and O–H groups in total. The number of hydrogen-bond acceptors (Lipinski definition) is 3. The fourth-order valence-corrected chi connectivity index (χ4v) is 8.66. The minimum Gasteiger partial charge on any atom is -0.309 e. The summed E-state index contributed by atoms with van der Waals surface area (Å²) in [5.41, 5.74) is 11.0. The molecule has 10 rings (SSSR count). The first kappa shape index (κ1) is 28.6. The van der Waals surface area contributed by atoms with E-state index in [4.69, 9.17) is 9.97 Å². The van der Waals surface area contributed by atoms with Gasteiger partial charge in [-0.25, -0.2) is 9.97 Å². The molecule has 0 amide bonds. The lowest BCUT2D eigenvalue weighted by Gasteiger charge is -2.10. The van der Waals surface area contributed by atoms with Gasteiger partial charge in [-0.15, -0.1) is 11.3 Å². The van der Waals surface area contributed by atoms with Crippen molar-refractivity contribution in [1.82, 2.24) is 14.5 Å². The molecule has 4 heteroatoms. The summed E-state index contributed by atoms with van der Waals surface area (Å²) in [6.07, 6.45) is 0. The van der Waals surface area contributed by atoms with Crippen molar-refractivity contribution >= 4 is 53.3 Å². The molecular weight excluding hydrogens is 627 g/mol. The first-order chi connectivity index (χ1) is 24.8. The Balaban J connectivity index is 1.22. The van der Waals surface area contributed by atoms with E-state index >= 15 is 0 Å². The zero-order valence-corrected chi connectivity index (χ0v) is 27.8. The van der Waals surface area contributed by atoms with Gasteiger partial charge in [0.2, 0.25) is 0 Å². The van der Waals surface area contributed by atoms with Crippen LogP contribution in [0.2, 0.25) is 0 Å². The van der Waals surface area contributed by atoms with Crippen molar-refractivity contribution in [3.63, 3.8) is 0 Å². The number of rotatable bonds is 5. The molecule has 50 heavy (non-hydrogen) atoms. The molecular formula is C46H29N3S. The fourth-order valence-electron chi connectivity index (χ4n) is 7.30. The van der Waals surface area contributed by atoms with Crippen LogP contribution in [0.25, 0.3) is 92.7 Å². The molecule has 0 aliphatic heterocycles. The molecule has 0 aliphatic carbocycles. The minimum atomic E-state index is 0.735. The smallest absolute Gasteiger partial charge is 0.161 e. The number of hydrogen-bond donors (Lipinski definition) is 0. The quantitative estimate of drug-likeness (QED) is 0.185. The summed E-state index contributed by atoms with van der Waals surface area (Å²) in [4.78, 5) is 10.4. The van der Waals surface area contributed by atoms with Crippen molar-refractivity contribution in [2.24, 2.45) is 0 Å². The van der Waals surface area contributed by atoms with Gasteiger partial charge in [0.1, 0.15) is 0 Å². The van der Waals surface area contributed by atoms with E-state index in [9.17, 15) is 0 Å². The minimum absolute atomic E-state index is 0.735. The van der Waals surface area contributed by atoms with Crippen molar-refractivity contribution in [3.05, 3.63) is 176 Å². The SMILES string of the molecule is c1ccc(-c2cccc(-n3c4ccccc4c4c5sc6c(-c7nc(-c8ccccc8)cc(-c8ccccc8)n7)cccc6c5ccc43)c2)cc1. The second-order valence-corrected chi connectivity index (χ2v) is 13.6. The Labute approximate surface area is 293 Å². The van der Waals surface area contributed by atoms with Gasteiger partial charge in [0.25, 0.3) is 0 Å². The van der Waals surface area contributed by atoms with Gasteiger partial charge in [0.15, 0.2) is 5.82 Å². The zero-order chi connectivity index (χ0) is 33.0. The van der Waals surface area contributed by atoms with Crippen LogP contribution in [0.1, 0.15) is 0 Å². The van der Waals surface area contributed by atoms with Gasteiger partial charge >= 0.3 is 0 Å². The van der Waals surface area contributed by atoms with E-state index < -0.39 is 0 Å². The summed E-state index contributed by atoms with van der Waals surface area (Å²) >= 11 is 1.85. The van der Waals surface area contributed by atoms with E-state index in [-0.39, 0.29) is 0 Å².